The molecule has 3 heterocycles. The first-order chi connectivity index (χ1) is 19.2. The van der Waals surface area contributed by atoms with Crippen molar-refractivity contribution >= 4 is 11.8 Å². The molecule has 0 aliphatic carbocycles. The van der Waals surface area contributed by atoms with Crippen LogP contribution in [0.2, 0.25) is 0 Å². The molecule has 0 bridgehead atoms. The van der Waals surface area contributed by atoms with E-state index >= 15 is 0 Å². The highest BCUT2D eigenvalue weighted by Gasteiger charge is 2.23. The molecule has 9 nitrogen and oxygen atoms in total. The maximum Gasteiger partial charge on any atom is 0.251 e. The van der Waals surface area contributed by atoms with E-state index < -0.39 is 6.04 Å². The predicted molar refractivity (Wildman–Crippen MR) is 150 cm³/mol. The predicted octanol–water partition coefficient (Wildman–Crippen LogP) is 2.73. The third-order valence-corrected chi connectivity index (χ3v) is 6.61. The number of benzene rings is 1. The van der Waals surface area contributed by atoms with E-state index in [1.807, 2.05) is 48.5 Å². The third kappa shape index (κ3) is 9.86. The van der Waals surface area contributed by atoms with Gasteiger partial charge in [-0.3, -0.25) is 19.6 Å². The lowest BCUT2D eigenvalue weighted by Crippen LogP contribution is -2.48. The van der Waals surface area contributed by atoms with E-state index in [2.05, 4.69) is 31.2 Å². The highest BCUT2D eigenvalue weighted by molar-refractivity contribution is 5.97. The fourth-order valence-electron chi connectivity index (χ4n) is 4.42. The van der Waals surface area contributed by atoms with Crippen LogP contribution in [0, 0.1) is 0 Å². The molecule has 2 aromatic heterocycles. The number of ether oxygens (including phenoxy) is 1. The number of amides is 2. The van der Waals surface area contributed by atoms with Crippen molar-refractivity contribution in [2.75, 3.05) is 19.7 Å². The Labute approximate surface area is 230 Å². The van der Waals surface area contributed by atoms with E-state index in [9.17, 15) is 9.59 Å². The van der Waals surface area contributed by atoms with Crippen LogP contribution in [0.15, 0.2) is 73.1 Å². The fourth-order valence-corrected chi connectivity index (χ4v) is 4.42. The van der Waals surface area contributed by atoms with Crippen LogP contribution in [-0.4, -0.2) is 53.6 Å². The lowest BCUT2D eigenvalue weighted by Gasteiger charge is -2.20. The Balaban J connectivity index is 1.26. The van der Waals surface area contributed by atoms with Gasteiger partial charge in [-0.15, -0.1) is 0 Å². The van der Waals surface area contributed by atoms with Crippen molar-refractivity contribution in [3.8, 4) is 0 Å². The molecule has 206 valence electrons. The molecular weight excluding hydrogens is 492 g/mol. The van der Waals surface area contributed by atoms with E-state index in [-0.39, 0.29) is 17.9 Å². The zero-order valence-corrected chi connectivity index (χ0v) is 22.3. The molecular formula is C30H38N6O3. The number of pyridine rings is 2. The fraction of sp³-hybridized carbons (Fsp3) is 0.400. The normalized spacial score (nSPS) is 15.5. The van der Waals surface area contributed by atoms with E-state index in [4.69, 9.17) is 4.74 Å². The van der Waals surface area contributed by atoms with E-state index in [0.29, 0.717) is 44.7 Å². The van der Waals surface area contributed by atoms with Crippen LogP contribution in [0.1, 0.15) is 53.0 Å². The molecule has 4 N–H and O–H groups in total. The van der Waals surface area contributed by atoms with Crippen molar-refractivity contribution in [1.29, 1.82) is 0 Å². The van der Waals surface area contributed by atoms with Crippen LogP contribution in [0.5, 0.6) is 0 Å². The molecule has 0 saturated carbocycles. The van der Waals surface area contributed by atoms with Gasteiger partial charge in [0.05, 0.1) is 17.5 Å². The summed E-state index contributed by atoms with van der Waals surface area (Å²) >= 11 is 0. The molecule has 0 spiro atoms. The van der Waals surface area contributed by atoms with Crippen LogP contribution in [0.4, 0.5) is 0 Å². The average Bonchev–Trinajstić information content (AvgIpc) is 3.50. The van der Waals surface area contributed by atoms with Gasteiger partial charge in [-0.1, -0.05) is 24.3 Å². The molecule has 4 rings (SSSR count). The first-order valence-corrected chi connectivity index (χ1v) is 13.7. The molecule has 2 atom stereocenters. The Bertz CT molecular complexity index is 1140. The second kappa shape index (κ2) is 15.7. The SMILES string of the molecule is O=C(NC(CCCNCc1ccccn1)C(=O)NCC1CCCO1)c1ccc(CNCc2ccccn2)cc1. The molecule has 1 fully saturated rings. The third-order valence-electron chi connectivity index (χ3n) is 6.61. The summed E-state index contributed by atoms with van der Waals surface area (Å²) in [4.78, 5) is 34.7. The number of carbonyl (C=O) groups is 2. The lowest BCUT2D eigenvalue weighted by molar-refractivity contribution is -0.123. The van der Waals surface area contributed by atoms with Crippen LogP contribution < -0.4 is 21.3 Å². The summed E-state index contributed by atoms with van der Waals surface area (Å²) < 4.78 is 5.63. The monoisotopic (exact) mass is 530 g/mol. The molecule has 1 saturated heterocycles. The molecule has 1 aliphatic heterocycles. The minimum Gasteiger partial charge on any atom is -0.376 e. The van der Waals surface area contributed by atoms with Gasteiger partial charge in [0, 0.05) is 50.7 Å². The van der Waals surface area contributed by atoms with Gasteiger partial charge in [-0.05, 0) is 74.2 Å². The molecule has 39 heavy (non-hydrogen) atoms. The highest BCUT2D eigenvalue weighted by Crippen LogP contribution is 2.11. The zero-order valence-electron chi connectivity index (χ0n) is 22.3. The Morgan fingerprint density at radius 1 is 0.897 bits per heavy atom. The number of carbonyl (C=O) groups excluding carboxylic acids is 2. The van der Waals surface area contributed by atoms with Crippen LogP contribution in [0.3, 0.4) is 0 Å². The van der Waals surface area contributed by atoms with Gasteiger partial charge < -0.3 is 26.0 Å². The van der Waals surface area contributed by atoms with Gasteiger partial charge in [0.2, 0.25) is 5.91 Å². The van der Waals surface area contributed by atoms with E-state index in [1.54, 1.807) is 24.5 Å². The molecule has 1 aromatic carbocycles. The summed E-state index contributed by atoms with van der Waals surface area (Å²) in [5.41, 5.74) is 3.53. The standard InChI is InChI=1S/C30H38N6O3/c37-29(24-13-11-23(12-14-24)19-32-21-26-8-2-4-17-34-26)36-28(30(38)35-22-27-9-6-18-39-27)10-5-15-31-20-25-7-1-3-16-33-25/h1-4,7-8,11-14,16-17,27-28,31-32H,5-6,9-10,15,18-22H2,(H,35,38)(H,36,37). The van der Waals surface area contributed by atoms with Crippen molar-refractivity contribution in [3.05, 3.63) is 95.6 Å². The highest BCUT2D eigenvalue weighted by atomic mass is 16.5. The van der Waals surface area contributed by atoms with E-state index in [1.165, 1.54) is 0 Å². The van der Waals surface area contributed by atoms with Crippen molar-refractivity contribution in [1.82, 2.24) is 31.2 Å². The summed E-state index contributed by atoms with van der Waals surface area (Å²) in [6.45, 7) is 3.90. The number of hydrogen-bond donors (Lipinski definition) is 4. The zero-order chi connectivity index (χ0) is 27.1. The number of rotatable bonds is 15. The molecule has 2 unspecified atom stereocenters. The van der Waals surface area contributed by atoms with Gasteiger partial charge in [-0.25, -0.2) is 0 Å². The summed E-state index contributed by atoms with van der Waals surface area (Å²) in [7, 11) is 0. The first kappa shape index (κ1) is 28.4. The smallest absolute Gasteiger partial charge is 0.251 e. The Morgan fingerprint density at radius 3 is 2.26 bits per heavy atom. The molecule has 9 heteroatoms. The van der Waals surface area contributed by atoms with E-state index in [0.717, 1.165) is 42.8 Å². The Kier molecular flexibility index (Phi) is 11.4. The average molecular weight is 531 g/mol. The van der Waals surface area contributed by atoms with Crippen molar-refractivity contribution in [3.63, 3.8) is 0 Å². The second-order valence-corrected chi connectivity index (χ2v) is 9.67. The van der Waals surface area contributed by atoms with Crippen LogP contribution >= 0.6 is 0 Å². The second-order valence-electron chi connectivity index (χ2n) is 9.67. The minimum atomic E-state index is -0.629. The summed E-state index contributed by atoms with van der Waals surface area (Å²) in [5, 5.41) is 12.6. The molecule has 0 radical (unpaired) electrons. The minimum absolute atomic E-state index is 0.0455. The van der Waals surface area contributed by atoms with Gasteiger partial charge in [0.15, 0.2) is 0 Å². The number of hydrogen-bond acceptors (Lipinski definition) is 7. The summed E-state index contributed by atoms with van der Waals surface area (Å²) in [5.74, 6) is -0.444. The van der Waals surface area contributed by atoms with Gasteiger partial charge >= 0.3 is 0 Å². The van der Waals surface area contributed by atoms with Crippen LogP contribution in [-0.2, 0) is 29.2 Å². The molecule has 2 amide bonds. The number of nitrogens with one attached hydrogen (secondary N) is 4. The quantitative estimate of drug-likeness (QED) is 0.223. The van der Waals surface area contributed by atoms with Crippen molar-refractivity contribution in [2.45, 2.75) is 57.5 Å². The molecule has 1 aliphatic rings. The summed E-state index contributed by atoms with van der Waals surface area (Å²) in [6.07, 6.45) is 6.80. The lowest BCUT2D eigenvalue weighted by atomic mass is 10.1. The topological polar surface area (TPSA) is 117 Å². The first-order valence-electron chi connectivity index (χ1n) is 13.7. The maximum absolute atomic E-state index is 13.0. The van der Waals surface area contributed by atoms with Gasteiger partial charge in [0.1, 0.15) is 6.04 Å². The maximum atomic E-state index is 13.0. The number of nitrogens with zero attached hydrogens (tertiary/aromatic N) is 2. The molecule has 3 aromatic rings. The Morgan fingerprint density at radius 2 is 1.62 bits per heavy atom. The largest absolute Gasteiger partial charge is 0.376 e. The Hall–Kier alpha value is -3.66. The van der Waals surface area contributed by atoms with Crippen LogP contribution in [0.25, 0.3) is 0 Å². The van der Waals surface area contributed by atoms with Crippen molar-refractivity contribution < 1.29 is 14.3 Å². The number of aromatic nitrogens is 2. The van der Waals surface area contributed by atoms with Crippen molar-refractivity contribution in [2.24, 2.45) is 0 Å². The summed E-state index contributed by atoms with van der Waals surface area (Å²) in [6, 6.07) is 18.5. The van der Waals surface area contributed by atoms with Gasteiger partial charge in [0.25, 0.3) is 5.91 Å². The van der Waals surface area contributed by atoms with Gasteiger partial charge in [-0.2, -0.15) is 0 Å².